The Bertz CT molecular complexity index is 1030. The lowest BCUT2D eigenvalue weighted by molar-refractivity contribution is 0.214. The lowest BCUT2D eigenvalue weighted by atomic mass is 10.1. The summed E-state index contributed by atoms with van der Waals surface area (Å²) in [6, 6.07) is 15.2. The molecule has 1 aliphatic carbocycles. The third-order valence-corrected chi connectivity index (χ3v) is 6.68. The van der Waals surface area contributed by atoms with Crippen molar-refractivity contribution in [2.24, 2.45) is 0 Å². The van der Waals surface area contributed by atoms with Crippen molar-refractivity contribution in [3.05, 3.63) is 70.0 Å². The second-order valence-corrected chi connectivity index (χ2v) is 8.31. The van der Waals surface area contributed by atoms with Crippen molar-refractivity contribution < 1.29 is 0 Å². The van der Waals surface area contributed by atoms with Gasteiger partial charge in [-0.25, -0.2) is 0 Å². The van der Waals surface area contributed by atoms with Gasteiger partial charge in [-0.15, -0.1) is 11.3 Å². The highest BCUT2D eigenvalue weighted by Gasteiger charge is 2.27. The van der Waals surface area contributed by atoms with Crippen LogP contribution in [0.25, 0.3) is 15.7 Å². The number of fused-ring (bicyclic) bond motifs is 1. The first-order chi connectivity index (χ1) is 13.3. The Labute approximate surface area is 162 Å². The number of thiophene rings is 1. The van der Waals surface area contributed by atoms with E-state index in [1.54, 1.807) is 11.3 Å². The van der Waals surface area contributed by atoms with E-state index in [2.05, 4.69) is 57.3 Å². The maximum absolute atomic E-state index is 12.3. The largest absolute Gasteiger partial charge is 0.369 e. The van der Waals surface area contributed by atoms with Gasteiger partial charge < -0.3 is 9.88 Å². The van der Waals surface area contributed by atoms with E-state index in [-0.39, 0.29) is 5.56 Å². The van der Waals surface area contributed by atoms with E-state index in [9.17, 15) is 4.79 Å². The van der Waals surface area contributed by atoms with Crippen LogP contribution in [0.1, 0.15) is 18.5 Å². The standard InChI is InChI=1S/C22H23N3OS/c26-22-19-8-13-27-21(19)15-20(23-22)16-6-7-18(14-16)25-11-9-24(10-12-25)17-4-2-1-3-5-17/h1-5,8,13-15,18H,6-7,9-12H2,(H,23,26)/t18-/m1/s1. The van der Waals surface area contributed by atoms with Crippen molar-refractivity contribution in [1.29, 1.82) is 0 Å². The van der Waals surface area contributed by atoms with Crippen molar-refractivity contribution in [1.82, 2.24) is 9.88 Å². The zero-order chi connectivity index (χ0) is 18.2. The number of rotatable bonds is 3. The van der Waals surface area contributed by atoms with E-state index in [0.29, 0.717) is 6.04 Å². The third kappa shape index (κ3) is 3.22. The summed E-state index contributed by atoms with van der Waals surface area (Å²) in [7, 11) is 0. The molecule has 1 aliphatic heterocycles. The molecule has 0 bridgehead atoms. The first-order valence-corrected chi connectivity index (χ1v) is 10.5. The van der Waals surface area contributed by atoms with Crippen molar-refractivity contribution in [2.45, 2.75) is 18.9 Å². The van der Waals surface area contributed by atoms with Gasteiger partial charge in [-0.3, -0.25) is 9.69 Å². The number of hydrogen-bond donors (Lipinski definition) is 1. The van der Waals surface area contributed by atoms with Gasteiger partial charge in [0.05, 0.1) is 5.39 Å². The number of nitrogens with zero attached hydrogens (tertiary/aromatic N) is 2. The normalized spacial score (nSPS) is 21.0. The number of allylic oxidation sites excluding steroid dienone is 1. The van der Waals surface area contributed by atoms with Gasteiger partial charge in [0, 0.05) is 48.3 Å². The molecule has 2 aromatic heterocycles. The molecule has 3 heterocycles. The fraction of sp³-hybridized carbons (Fsp3) is 0.318. The summed E-state index contributed by atoms with van der Waals surface area (Å²) in [5.41, 5.74) is 3.64. The molecule has 1 aromatic carbocycles. The molecule has 0 radical (unpaired) electrons. The average Bonchev–Trinajstić information content (AvgIpc) is 3.39. The SMILES string of the molecule is O=c1[nH]c(C2=C[C@H](N3CCN(c4ccccc4)CC3)CC2)cc2sccc12. The summed E-state index contributed by atoms with van der Waals surface area (Å²) >= 11 is 1.64. The van der Waals surface area contributed by atoms with Gasteiger partial charge in [0.2, 0.25) is 0 Å². The molecule has 4 nitrogen and oxygen atoms in total. The molecule has 0 amide bonds. The van der Waals surface area contributed by atoms with Crippen LogP contribution >= 0.6 is 11.3 Å². The van der Waals surface area contributed by atoms with Gasteiger partial charge in [-0.2, -0.15) is 0 Å². The Morgan fingerprint density at radius 3 is 2.67 bits per heavy atom. The van der Waals surface area contributed by atoms with Gasteiger partial charge in [-0.05, 0) is 48.1 Å². The highest BCUT2D eigenvalue weighted by Crippen LogP contribution is 2.31. The molecule has 1 N–H and O–H groups in total. The monoisotopic (exact) mass is 377 g/mol. The number of aromatic nitrogens is 1. The van der Waals surface area contributed by atoms with E-state index in [1.807, 2.05) is 11.4 Å². The summed E-state index contributed by atoms with van der Waals surface area (Å²) in [5.74, 6) is 0. The Balaban J connectivity index is 1.30. The minimum atomic E-state index is 0.0320. The molecule has 0 spiro atoms. The molecule has 5 rings (SSSR count). The highest BCUT2D eigenvalue weighted by atomic mass is 32.1. The second kappa shape index (κ2) is 6.98. The molecule has 3 aromatic rings. The summed E-state index contributed by atoms with van der Waals surface area (Å²) in [4.78, 5) is 20.4. The number of nitrogens with one attached hydrogen (secondary N) is 1. The molecule has 1 atom stereocenters. The molecule has 1 fully saturated rings. The Morgan fingerprint density at radius 1 is 1.04 bits per heavy atom. The lowest BCUT2D eigenvalue weighted by Crippen LogP contribution is -2.49. The van der Waals surface area contributed by atoms with Crippen LogP contribution in [-0.2, 0) is 0 Å². The van der Waals surface area contributed by atoms with Gasteiger partial charge in [0.1, 0.15) is 0 Å². The van der Waals surface area contributed by atoms with E-state index >= 15 is 0 Å². The molecule has 1 saturated heterocycles. The number of para-hydroxylation sites is 1. The zero-order valence-electron chi connectivity index (χ0n) is 15.2. The predicted octanol–water partition coefficient (Wildman–Crippen LogP) is 3.96. The number of pyridine rings is 1. The van der Waals surface area contributed by atoms with Crippen molar-refractivity contribution >= 4 is 32.7 Å². The zero-order valence-corrected chi connectivity index (χ0v) is 16.0. The van der Waals surface area contributed by atoms with Crippen molar-refractivity contribution in [2.75, 3.05) is 31.1 Å². The van der Waals surface area contributed by atoms with Crippen LogP contribution in [0, 0.1) is 0 Å². The number of H-pyrrole nitrogens is 1. The fourth-order valence-electron chi connectivity index (χ4n) is 4.32. The molecule has 0 unspecified atom stereocenters. The molecular weight excluding hydrogens is 354 g/mol. The van der Waals surface area contributed by atoms with Gasteiger partial charge in [0.25, 0.3) is 5.56 Å². The number of benzene rings is 1. The van der Waals surface area contributed by atoms with Crippen LogP contribution in [0.5, 0.6) is 0 Å². The third-order valence-electron chi connectivity index (χ3n) is 5.82. The van der Waals surface area contributed by atoms with Crippen molar-refractivity contribution in [3.63, 3.8) is 0 Å². The van der Waals surface area contributed by atoms with Gasteiger partial charge >= 0.3 is 0 Å². The maximum Gasteiger partial charge on any atom is 0.257 e. The number of hydrogen-bond acceptors (Lipinski definition) is 4. The van der Waals surface area contributed by atoms with Crippen LogP contribution in [0.4, 0.5) is 5.69 Å². The number of anilines is 1. The summed E-state index contributed by atoms with van der Waals surface area (Å²) in [6.07, 6.45) is 4.56. The van der Waals surface area contributed by atoms with E-state index in [1.165, 1.54) is 11.3 Å². The fourth-order valence-corrected chi connectivity index (χ4v) is 5.14. The van der Waals surface area contributed by atoms with Crippen LogP contribution in [0.15, 0.2) is 58.7 Å². The molecule has 2 aliphatic rings. The second-order valence-electron chi connectivity index (χ2n) is 7.37. The summed E-state index contributed by atoms with van der Waals surface area (Å²) in [6.45, 7) is 4.32. The molecule has 0 saturated carbocycles. The minimum Gasteiger partial charge on any atom is -0.369 e. The molecule has 27 heavy (non-hydrogen) atoms. The van der Waals surface area contributed by atoms with Gasteiger partial charge in [-0.1, -0.05) is 24.3 Å². The lowest BCUT2D eigenvalue weighted by Gasteiger charge is -2.38. The minimum absolute atomic E-state index is 0.0320. The van der Waals surface area contributed by atoms with Gasteiger partial charge in [0.15, 0.2) is 0 Å². The first-order valence-electron chi connectivity index (χ1n) is 9.63. The Kier molecular flexibility index (Phi) is 4.34. The average molecular weight is 378 g/mol. The Morgan fingerprint density at radius 2 is 1.85 bits per heavy atom. The smallest absolute Gasteiger partial charge is 0.257 e. The predicted molar refractivity (Wildman–Crippen MR) is 114 cm³/mol. The molecule has 138 valence electrons. The quantitative estimate of drug-likeness (QED) is 0.751. The maximum atomic E-state index is 12.3. The Hall–Kier alpha value is -2.37. The van der Waals surface area contributed by atoms with E-state index in [4.69, 9.17) is 0 Å². The first kappa shape index (κ1) is 16.8. The highest BCUT2D eigenvalue weighted by molar-refractivity contribution is 7.17. The number of piperazine rings is 1. The molecule has 5 heteroatoms. The van der Waals surface area contributed by atoms with Crippen LogP contribution in [-0.4, -0.2) is 42.1 Å². The van der Waals surface area contributed by atoms with E-state index < -0.39 is 0 Å². The van der Waals surface area contributed by atoms with Crippen molar-refractivity contribution in [3.8, 4) is 0 Å². The topological polar surface area (TPSA) is 39.3 Å². The van der Waals surface area contributed by atoms with Crippen LogP contribution in [0.3, 0.4) is 0 Å². The van der Waals surface area contributed by atoms with Crippen LogP contribution < -0.4 is 10.5 Å². The summed E-state index contributed by atoms with van der Waals surface area (Å²) < 4.78 is 1.08. The van der Waals surface area contributed by atoms with Crippen LogP contribution in [0.2, 0.25) is 0 Å². The molecular formula is C22H23N3OS. The number of aromatic amines is 1. The van der Waals surface area contributed by atoms with E-state index in [0.717, 1.165) is 54.8 Å². The summed E-state index contributed by atoms with van der Waals surface area (Å²) in [5, 5.41) is 2.79.